The summed E-state index contributed by atoms with van der Waals surface area (Å²) in [4.78, 5) is 4.82. The highest BCUT2D eigenvalue weighted by Gasteiger charge is 2.16. The van der Waals surface area contributed by atoms with E-state index in [4.69, 9.17) is 9.72 Å². The van der Waals surface area contributed by atoms with Crippen LogP contribution in [0.1, 0.15) is 11.1 Å². The number of para-hydroxylation sites is 1. The van der Waals surface area contributed by atoms with Crippen molar-refractivity contribution >= 4 is 11.0 Å². The van der Waals surface area contributed by atoms with Gasteiger partial charge >= 0.3 is 0 Å². The zero-order valence-electron chi connectivity index (χ0n) is 17.3. The molecule has 1 N–H and O–H groups in total. The molecule has 32 heavy (non-hydrogen) atoms. The lowest BCUT2D eigenvalue weighted by Crippen LogP contribution is -2.02. The molecule has 0 saturated carbocycles. The first kappa shape index (κ1) is 19.8. The van der Waals surface area contributed by atoms with Gasteiger partial charge < -0.3 is 14.4 Å². The first-order valence-electron chi connectivity index (χ1n) is 10.4. The Hall–Kier alpha value is -4.12. The molecule has 0 radical (unpaired) electrons. The van der Waals surface area contributed by atoms with Gasteiger partial charge in [0, 0.05) is 12.6 Å². The predicted molar refractivity (Wildman–Crippen MR) is 123 cm³/mol. The number of phenols is 1. The Morgan fingerprint density at radius 2 is 1.56 bits per heavy atom. The number of benzene rings is 4. The maximum absolute atomic E-state index is 13.4. The molecule has 4 aromatic carbocycles. The van der Waals surface area contributed by atoms with Crippen molar-refractivity contribution in [2.24, 2.45) is 0 Å². The predicted octanol–water partition coefficient (Wildman–Crippen LogP) is 6.18. The van der Waals surface area contributed by atoms with Gasteiger partial charge in [0.25, 0.3) is 0 Å². The van der Waals surface area contributed by atoms with Crippen molar-refractivity contribution in [3.05, 3.63) is 114 Å². The van der Waals surface area contributed by atoms with Gasteiger partial charge in [0.15, 0.2) is 0 Å². The normalized spacial score (nSPS) is 11.0. The van der Waals surface area contributed by atoms with Crippen molar-refractivity contribution < 1.29 is 14.2 Å². The molecule has 1 aromatic heterocycles. The summed E-state index contributed by atoms with van der Waals surface area (Å²) in [6, 6.07) is 29.3. The van der Waals surface area contributed by atoms with Crippen molar-refractivity contribution in [2.45, 2.75) is 13.2 Å². The van der Waals surface area contributed by atoms with E-state index in [-0.39, 0.29) is 11.6 Å². The summed E-state index contributed by atoms with van der Waals surface area (Å²) < 4.78 is 21.4. The standard InChI is InChI=1S/C27H21FN2O2/c28-21-12-10-19(11-13-21)17-30-25-15-14-22(32-18-20-6-2-1-3-7-20)16-24(25)29-27(30)23-8-4-5-9-26(23)31/h1-16,31H,17-18H2. The number of aromatic nitrogens is 2. The monoisotopic (exact) mass is 424 g/mol. The van der Waals surface area contributed by atoms with Crippen LogP contribution in [0.25, 0.3) is 22.4 Å². The van der Waals surface area contributed by atoms with Gasteiger partial charge in [-0.25, -0.2) is 9.37 Å². The summed E-state index contributed by atoms with van der Waals surface area (Å²) in [5.74, 6) is 1.24. The summed E-state index contributed by atoms with van der Waals surface area (Å²) in [6.07, 6.45) is 0. The molecular formula is C27H21FN2O2. The molecule has 0 aliphatic rings. The van der Waals surface area contributed by atoms with E-state index in [0.29, 0.717) is 24.5 Å². The second-order valence-corrected chi connectivity index (χ2v) is 7.59. The highest BCUT2D eigenvalue weighted by molar-refractivity contribution is 5.83. The molecule has 0 aliphatic carbocycles. The number of hydrogen-bond donors (Lipinski definition) is 1. The molecule has 0 aliphatic heterocycles. The lowest BCUT2D eigenvalue weighted by molar-refractivity contribution is 0.306. The van der Waals surface area contributed by atoms with Gasteiger partial charge in [-0.05, 0) is 47.5 Å². The van der Waals surface area contributed by atoms with Crippen molar-refractivity contribution in [1.29, 1.82) is 0 Å². The quantitative estimate of drug-likeness (QED) is 0.354. The van der Waals surface area contributed by atoms with Crippen LogP contribution in [0.2, 0.25) is 0 Å². The molecule has 158 valence electrons. The summed E-state index contributed by atoms with van der Waals surface area (Å²) >= 11 is 0. The first-order chi connectivity index (χ1) is 15.7. The Labute approximate surface area is 185 Å². The Morgan fingerprint density at radius 3 is 2.34 bits per heavy atom. The largest absolute Gasteiger partial charge is 0.507 e. The van der Waals surface area contributed by atoms with Crippen molar-refractivity contribution in [3.63, 3.8) is 0 Å². The molecule has 0 atom stereocenters. The molecule has 5 aromatic rings. The van der Waals surface area contributed by atoms with Crippen LogP contribution < -0.4 is 4.74 Å². The molecule has 0 bridgehead atoms. The fourth-order valence-electron chi connectivity index (χ4n) is 3.74. The molecule has 0 fully saturated rings. The van der Waals surface area contributed by atoms with E-state index in [1.54, 1.807) is 24.3 Å². The third-order valence-corrected chi connectivity index (χ3v) is 5.37. The number of ether oxygens (including phenoxy) is 1. The molecule has 0 amide bonds. The minimum atomic E-state index is -0.273. The summed E-state index contributed by atoms with van der Waals surface area (Å²) in [7, 11) is 0. The summed E-state index contributed by atoms with van der Waals surface area (Å²) in [5, 5.41) is 10.5. The van der Waals surface area contributed by atoms with Crippen molar-refractivity contribution in [1.82, 2.24) is 9.55 Å². The van der Waals surface area contributed by atoms with Gasteiger partial charge in [-0.2, -0.15) is 0 Å². The highest BCUT2D eigenvalue weighted by atomic mass is 19.1. The van der Waals surface area contributed by atoms with Gasteiger partial charge in [0.05, 0.1) is 16.6 Å². The van der Waals surface area contributed by atoms with E-state index < -0.39 is 0 Å². The van der Waals surface area contributed by atoms with Crippen LogP contribution in [0.4, 0.5) is 4.39 Å². The Bertz CT molecular complexity index is 1360. The van der Waals surface area contributed by atoms with Crippen LogP contribution in [0, 0.1) is 5.82 Å². The maximum atomic E-state index is 13.4. The van der Waals surface area contributed by atoms with Crippen molar-refractivity contribution in [2.75, 3.05) is 0 Å². The van der Waals surface area contributed by atoms with Crippen LogP contribution >= 0.6 is 0 Å². The molecule has 4 nitrogen and oxygen atoms in total. The topological polar surface area (TPSA) is 47.3 Å². The average Bonchev–Trinajstić information content (AvgIpc) is 3.17. The average molecular weight is 424 g/mol. The second kappa shape index (κ2) is 8.55. The minimum Gasteiger partial charge on any atom is -0.507 e. The Balaban J connectivity index is 1.55. The Morgan fingerprint density at radius 1 is 0.812 bits per heavy atom. The molecule has 0 saturated heterocycles. The number of nitrogens with zero attached hydrogens (tertiary/aromatic N) is 2. The van der Waals surface area contributed by atoms with E-state index in [2.05, 4.69) is 0 Å². The smallest absolute Gasteiger partial charge is 0.145 e. The fraction of sp³-hybridized carbons (Fsp3) is 0.0741. The van der Waals surface area contributed by atoms with Crippen LogP contribution in [-0.2, 0) is 13.2 Å². The molecule has 0 unspecified atom stereocenters. The van der Waals surface area contributed by atoms with E-state index >= 15 is 0 Å². The van der Waals surface area contributed by atoms with Gasteiger partial charge in [-0.15, -0.1) is 0 Å². The zero-order valence-corrected chi connectivity index (χ0v) is 17.3. The zero-order chi connectivity index (χ0) is 21.9. The summed E-state index contributed by atoms with van der Waals surface area (Å²) in [5.41, 5.74) is 4.32. The fourth-order valence-corrected chi connectivity index (χ4v) is 3.74. The third kappa shape index (κ3) is 4.05. The highest BCUT2D eigenvalue weighted by Crippen LogP contribution is 2.33. The number of hydrogen-bond acceptors (Lipinski definition) is 3. The molecular weight excluding hydrogens is 403 g/mol. The minimum absolute atomic E-state index is 0.156. The van der Waals surface area contributed by atoms with Crippen LogP contribution in [-0.4, -0.2) is 14.7 Å². The number of fused-ring (bicyclic) bond motifs is 1. The molecule has 1 heterocycles. The lowest BCUT2D eigenvalue weighted by Gasteiger charge is -2.11. The number of aromatic hydroxyl groups is 1. The van der Waals surface area contributed by atoms with Crippen LogP contribution in [0.3, 0.4) is 0 Å². The number of phenolic OH excluding ortho intramolecular Hbond substituents is 1. The third-order valence-electron chi connectivity index (χ3n) is 5.37. The van der Waals surface area contributed by atoms with Gasteiger partial charge in [0.2, 0.25) is 0 Å². The first-order valence-corrected chi connectivity index (χ1v) is 10.4. The number of imidazole rings is 1. The Kier molecular flexibility index (Phi) is 5.30. The van der Waals surface area contributed by atoms with E-state index in [0.717, 1.165) is 27.9 Å². The van der Waals surface area contributed by atoms with E-state index in [1.165, 1.54) is 12.1 Å². The second-order valence-electron chi connectivity index (χ2n) is 7.59. The lowest BCUT2D eigenvalue weighted by atomic mass is 10.1. The number of rotatable bonds is 6. The molecule has 5 heteroatoms. The van der Waals surface area contributed by atoms with Gasteiger partial charge in [-0.3, -0.25) is 0 Å². The van der Waals surface area contributed by atoms with Crippen LogP contribution in [0.15, 0.2) is 97.1 Å². The van der Waals surface area contributed by atoms with Crippen molar-refractivity contribution in [3.8, 4) is 22.9 Å². The SMILES string of the molecule is Oc1ccccc1-c1nc2cc(OCc3ccccc3)ccc2n1Cc1ccc(F)cc1. The number of halogens is 1. The summed E-state index contributed by atoms with van der Waals surface area (Å²) in [6.45, 7) is 0.958. The van der Waals surface area contributed by atoms with Gasteiger partial charge in [0.1, 0.15) is 29.7 Å². The molecule has 5 rings (SSSR count). The van der Waals surface area contributed by atoms with Crippen LogP contribution in [0.5, 0.6) is 11.5 Å². The van der Waals surface area contributed by atoms with E-state index in [1.807, 2.05) is 65.2 Å². The maximum Gasteiger partial charge on any atom is 0.145 e. The van der Waals surface area contributed by atoms with Gasteiger partial charge in [-0.1, -0.05) is 54.6 Å². The molecule has 0 spiro atoms. The van der Waals surface area contributed by atoms with E-state index in [9.17, 15) is 9.50 Å².